The standard InChI is InChI=1S/C11H21NO/c1-3-10-5-6-11(13-7-10)8-12(4-2)9-11/h10H,3-9H2,1-2H3. The predicted molar refractivity (Wildman–Crippen MR) is 53.8 cm³/mol. The molecule has 0 saturated carbocycles. The van der Waals surface area contributed by atoms with E-state index in [0.717, 1.165) is 12.5 Å². The minimum atomic E-state index is 0.279. The molecule has 0 bridgehead atoms. The Morgan fingerprint density at radius 2 is 2.15 bits per heavy atom. The third kappa shape index (κ3) is 1.75. The molecule has 2 saturated heterocycles. The van der Waals surface area contributed by atoms with Gasteiger partial charge in [-0.05, 0) is 25.3 Å². The van der Waals surface area contributed by atoms with Gasteiger partial charge >= 0.3 is 0 Å². The minimum absolute atomic E-state index is 0.279. The maximum absolute atomic E-state index is 6.00. The van der Waals surface area contributed by atoms with Crippen molar-refractivity contribution in [2.75, 3.05) is 26.2 Å². The lowest BCUT2D eigenvalue weighted by molar-refractivity contribution is -0.178. The largest absolute Gasteiger partial charge is 0.372 e. The monoisotopic (exact) mass is 183 g/mol. The predicted octanol–water partition coefficient (Wildman–Crippen LogP) is 1.90. The lowest BCUT2D eigenvalue weighted by atomic mass is 9.82. The summed E-state index contributed by atoms with van der Waals surface area (Å²) in [7, 11) is 0. The van der Waals surface area contributed by atoms with E-state index in [2.05, 4.69) is 18.7 Å². The summed E-state index contributed by atoms with van der Waals surface area (Å²) in [6.07, 6.45) is 3.96. The second-order valence-electron chi connectivity index (χ2n) is 4.61. The Kier molecular flexibility index (Phi) is 2.61. The van der Waals surface area contributed by atoms with E-state index in [1.807, 2.05) is 0 Å². The molecule has 0 aromatic carbocycles. The first-order chi connectivity index (χ1) is 6.28. The Balaban J connectivity index is 1.79. The van der Waals surface area contributed by atoms with Crippen molar-refractivity contribution in [2.24, 2.45) is 5.92 Å². The van der Waals surface area contributed by atoms with Crippen LogP contribution in [-0.2, 0) is 4.74 Å². The lowest BCUT2D eigenvalue weighted by Gasteiger charge is -2.52. The van der Waals surface area contributed by atoms with E-state index in [-0.39, 0.29) is 5.60 Å². The average molecular weight is 183 g/mol. The van der Waals surface area contributed by atoms with Crippen LogP contribution in [0.15, 0.2) is 0 Å². The molecule has 1 atom stereocenters. The van der Waals surface area contributed by atoms with Crippen molar-refractivity contribution in [1.82, 2.24) is 4.90 Å². The van der Waals surface area contributed by atoms with Crippen LogP contribution in [0.5, 0.6) is 0 Å². The van der Waals surface area contributed by atoms with Crippen LogP contribution in [0.1, 0.15) is 33.1 Å². The molecule has 2 heterocycles. The molecular formula is C11H21NO. The fraction of sp³-hybridized carbons (Fsp3) is 1.00. The van der Waals surface area contributed by atoms with Gasteiger partial charge in [-0.15, -0.1) is 0 Å². The molecule has 2 heteroatoms. The molecule has 0 radical (unpaired) electrons. The first-order valence-electron chi connectivity index (χ1n) is 5.64. The summed E-state index contributed by atoms with van der Waals surface area (Å²) in [6, 6.07) is 0. The summed E-state index contributed by atoms with van der Waals surface area (Å²) in [5.74, 6) is 0.835. The van der Waals surface area contributed by atoms with E-state index in [9.17, 15) is 0 Å². The summed E-state index contributed by atoms with van der Waals surface area (Å²) >= 11 is 0. The summed E-state index contributed by atoms with van der Waals surface area (Å²) < 4.78 is 6.00. The second-order valence-corrected chi connectivity index (χ2v) is 4.61. The Hall–Kier alpha value is -0.0800. The van der Waals surface area contributed by atoms with Crippen LogP contribution < -0.4 is 0 Å². The molecular weight excluding hydrogens is 162 g/mol. The molecule has 2 nitrogen and oxygen atoms in total. The minimum Gasteiger partial charge on any atom is -0.372 e. The molecule has 0 aromatic rings. The summed E-state index contributed by atoms with van der Waals surface area (Å²) in [6.45, 7) is 9.05. The molecule has 0 amide bonds. The number of likely N-dealkylation sites (tertiary alicyclic amines) is 1. The molecule has 2 rings (SSSR count). The van der Waals surface area contributed by atoms with Gasteiger partial charge in [0, 0.05) is 13.1 Å². The summed E-state index contributed by atoms with van der Waals surface area (Å²) in [5.41, 5.74) is 0.279. The zero-order chi connectivity index (χ0) is 9.31. The fourth-order valence-corrected chi connectivity index (χ4v) is 2.48. The van der Waals surface area contributed by atoms with E-state index in [1.54, 1.807) is 0 Å². The van der Waals surface area contributed by atoms with Gasteiger partial charge in [0.25, 0.3) is 0 Å². The van der Waals surface area contributed by atoms with Crippen LogP contribution in [0.25, 0.3) is 0 Å². The number of likely N-dealkylation sites (N-methyl/N-ethyl adjacent to an activating group) is 1. The van der Waals surface area contributed by atoms with E-state index < -0.39 is 0 Å². The van der Waals surface area contributed by atoms with E-state index in [0.29, 0.717) is 0 Å². The maximum atomic E-state index is 6.00. The van der Waals surface area contributed by atoms with E-state index in [4.69, 9.17) is 4.74 Å². The van der Waals surface area contributed by atoms with Gasteiger partial charge in [-0.3, -0.25) is 4.90 Å². The van der Waals surface area contributed by atoms with Crippen molar-refractivity contribution >= 4 is 0 Å². The summed E-state index contributed by atoms with van der Waals surface area (Å²) in [5, 5.41) is 0. The Labute approximate surface area is 81.3 Å². The van der Waals surface area contributed by atoms with Crippen molar-refractivity contribution in [3.63, 3.8) is 0 Å². The van der Waals surface area contributed by atoms with Crippen LogP contribution in [0.3, 0.4) is 0 Å². The molecule has 1 spiro atoms. The van der Waals surface area contributed by atoms with Gasteiger partial charge < -0.3 is 4.74 Å². The highest BCUT2D eigenvalue weighted by atomic mass is 16.5. The quantitative estimate of drug-likeness (QED) is 0.648. The number of rotatable bonds is 2. The second kappa shape index (κ2) is 3.58. The molecule has 1 unspecified atom stereocenters. The molecule has 0 aliphatic carbocycles. The Morgan fingerprint density at radius 3 is 2.62 bits per heavy atom. The van der Waals surface area contributed by atoms with E-state index in [1.165, 1.54) is 38.9 Å². The molecule has 0 aromatic heterocycles. The molecule has 13 heavy (non-hydrogen) atoms. The number of nitrogens with zero attached hydrogens (tertiary/aromatic N) is 1. The van der Waals surface area contributed by atoms with Gasteiger partial charge in [0.15, 0.2) is 0 Å². The zero-order valence-corrected chi connectivity index (χ0v) is 8.88. The Bertz CT molecular complexity index is 165. The van der Waals surface area contributed by atoms with Crippen LogP contribution in [0.4, 0.5) is 0 Å². The fourth-order valence-electron chi connectivity index (χ4n) is 2.48. The number of hydrogen-bond donors (Lipinski definition) is 0. The topological polar surface area (TPSA) is 12.5 Å². The highest BCUT2D eigenvalue weighted by Crippen LogP contribution is 2.36. The lowest BCUT2D eigenvalue weighted by Crippen LogP contribution is -2.64. The molecule has 2 fully saturated rings. The highest BCUT2D eigenvalue weighted by Gasteiger charge is 2.45. The van der Waals surface area contributed by atoms with Crippen molar-refractivity contribution < 1.29 is 4.74 Å². The SMILES string of the molecule is CCC1CCC2(CN(CC)C2)OC1. The normalized spacial score (nSPS) is 33.2. The molecule has 2 aliphatic heterocycles. The first kappa shape index (κ1) is 9.47. The van der Waals surface area contributed by atoms with Gasteiger partial charge in [0.05, 0.1) is 12.2 Å². The number of ether oxygens (including phenoxy) is 1. The van der Waals surface area contributed by atoms with Crippen molar-refractivity contribution in [3.8, 4) is 0 Å². The van der Waals surface area contributed by atoms with Crippen LogP contribution in [0.2, 0.25) is 0 Å². The van der Waals surface area contributed by atoms with Crippen molar-refractivity contribution in [3.05, 3.63) is 0 Å². The van der Waals surface area contributed by atoms with Crippen LogP contribution in [-0.4, -0.2) is 36.7 Å². The maximum Gasteiger partial charge on any atom is 0.0935 e. The third-order valence-corrected chi connectivity index (χ3v) is 3.68. The molecule has 76 valence electrons. The first-order valence-corrected chi connectivity index (χ1v) is 5.64. The van der Waals surface area contributed by atoms with Gasteiger partial charge in [-0.25, -0.2) is 0 Å². The smallest absolute Gasteiger partial charge is 0.0935 e. The highest BCUT2D eigenvalue weighted by molar-refractivity contribution is 4.98. The van der Waals surface area contributed by atoms with Gasteiger partial charge in [-0.1, -0.05) is 20.3 Å². The van der Waals surface area contributed by atoms with Crippen molar-refractivity contribution in [2.45, 2.75) is 38.7 Å². The number of hydrogen-bond acceptors (Lipinski definition) is 2. The third-order valence-electron chi connectivity index (χ3n) is 3.68. The summed E-state index contributed by atoms with van der Waals surface area (Å²) in [4.78, 5) is 2.46. The van der Waals surface area contributed by atoms with Gasteiger partial charge in [0.2, 0.25) is 0 Å². The zero-order valence-electron chi connectivity index (χ0n) is 8.88. The van der Waals surface area contributed by atoms with Gasteiger partial charge in [-0.2, -0.15) is 0 Å². The van der Waals surface area contributed by atoms with Gasteiger partial charge in [0.1, 0.15) is 0 Å². The molecule has 0 N–H and O–H groups in total. The molecule has 2 aliphatic rings. The Morgan fingerprint density at radius 1 is 1.38 bits per heavy atom. The van der Waals surface area contributed by atoms with Crippen LogP contribution in [0, 0.1) is 5.92 Å². The average Bonchev–Trinajstić information content (AvgIpc) is 2.14. The van der Waals surface area contributed by atoms with Crippen LogP contribution >= 0.6 is 0 Å². The van der Waals surface area contributed by atoms with E-state index >= 15 is 0 Å². The van der Waals surface area contributed by atoms with Crippen molar-refractivity contribution in [1.29, 1.82) is 0 Å².